The molecule has 9 aromatic rings. The molecule has 0 aliphatic rings. The number of para-hydroxylation sites is 5. The molecule has 0 aliphatic carbocycles. The predicted molar refractivity (Wildman–Crippen MR) is 197 cm³/mol. The molecule has 222 valence electrons. The van der Waals surface area contributed by atoms with Crippen molar-refractivity contribution in [3.8, 4) is 39.7 Å². The van der Waals surface area contributed by atoms with Crippen LogP contribution in [0.2, 0.25) is 0 Å². The maximum Gasteiger partial charge on any atom is 0.211 e. The van der Waals surface area contributed by atoms with Crippen LogP contribution in [0.25, 0.3) is 82.1 Å². The van der Waals surface area contributed by atoms with Crippen LogP contribution < -0.4 is 0 Å². The fourth-order valence-electron chi connectivity index (χ4n) is 7.29. The van der Waals surface area contributed by atoms with Crippen molar-refractivity contribution in [3.05, 3.63) is 175 Å². The third-order valence-electron chi connectivity index (χ3n) is 9.41. The van der Waals surface area contributed by atoms with Crippen LogP contribution in [-0.4, -0.2) is 9.13 Å². The zero-order valence-corrected chi connectivity index (χ0v) is 25.8. The van der Waals surface area contributed by atoms with Crippen LogP contribution in [0, 0.1) is 17.9 Å². The molecule has 0 aliphatic heterocycles. The molecule has 0 radical (unpaired) electrons. The van der Waals surface area contributed by atoms with Gasteiger partial charge in [0.25, 0.3) is 0 Å². The molecule has 48 heavy (non-hydrogen) atoms. The fourth-order valence-corrected chi connectivity index (χ4v) is 7.29. The first-order valence-electron chi connectivity index (χ1n) is 15.9. The topological polar surface area (TPSA) is 38.0 Å². The van der Waals surface area contributed by atoms with Gasteiger partial charge in [0.15, 0.2) is 0 Å². The molecule has 7 aromatic carbocycles. The molecular weight excluding hydrogens is 585 g/mol. The van der Waals surface area contributed by atoms with Crippen molar-refractivity contribution < 1.29 is 0 Å². The van der Waals surface area contributed by atoms with Crippen molar-refractivity contribution in [1.82, 2.24) is 9.13 Å². The van der Waals surface area contributed by atoms with Crippen LogP contribution in [0.4, 0.5) is 5.69 Å². The van der Waals surface area contributed by atoms with Gasteiger partial charge < -0.3 is 9.13 Å². The zero-order chi connectivity index (χ0) is 32.2. The Morgan fingerprint density at radius 3 is 1.73 bits per heavy atom. The Labute approximate surface area is 277 Å². The molecule has 2 aromatic heterocycles. The van der Waals surface area contributed by atoms with Crippen molar-refractivity contribution in [2.75, 3.05) is 0 Å². The highest BCUT2D eigenvalue weighted by Crippen LogP contribution is 2.41. The van der Waals surface area contributed by atoms with Gasteiger partial charge in [-0.15, -0.1) is 0 Å². The van der Waals surface area contributed by atoms with Gasteiger partial charge in [0.05, 0.1) is 46.0 Å². The van der Waals surface area contributed by atoms with Gasteiger partial charge in [-0.1, -0.05) is 109 Å². The van der Waals surface area contributed by atoms with E-state index in [0.717, 1.165) is 66.5 Å². The number of hydrogen-bond donors (Lipinski definition) is 0. The minimum Gasteiger partial charge on any atom is -0.318 e. The van der Waals surface area contributed by atoms with Gasteiger partial charge in [-0.3, -0.25) is 0 Å². The first-order valence-corrected chi connectivity index (χ1v) is 15.9. The standard InChI is InChI=1S/C44H26N4/c1-46-39-16-10-15-37-36-14-5-9-20-43(36)48(44(37)39)40-17-6-2-11-33(40)30-21-22-31(28-45)38(27-30)29-23-25-32(26-24-29)47-41-18-7-3-12-34(41)35-13-4-8-19-42(35)47/h2-27H. The minimum atomic E-state index is 0.613. The van der Waals surface area contributed by atoms with Crippen LogP contribution in [-0.2, 0) is 0 Å². The highest BCUT2D eigenvalue weighted by atomic mass is 15.0. The molecular formula is C44H26N4. The van der Waals surface area contributed by atoms with Crippen molar-refractivity contribution in [2.45, 2.75) is 0 Å². The average molecular weight is 611 g/mol. The monoisotopic (exact) mass is 610 g/mol. The third kappa shape index (κ3) is 4.07. The summed E-state index contributed by atoms with van der Waals surface area (Å²) < 4.78 is 4.52. The number of benzene rings is 7. The summed E-state index contributed by atoms with van der Waals surface area (Å²) in [5, 5.41) is 14.8. The van der Waals surface area contributed by atoms with Gasteiger partial charge in [0.2, 0.25) is 5.69 Å². The molecule has 9 rings (SSSR count). The Hall–Kier alpha value is -6.88. The molecule has 0 saturated heterocycles. The lowest BCUT2D eigenvalue weighted by Gasteiger charge is -2.16. The fraction of sp³-hybridized carbons (Fsp3) is 0. The molecule has 4 heteroatoms. The summed E-state index contributed by atoms with van der Waals surface area (Å²) in [4.78, 5) is 3.91. The van der Waals surface area contributed by atoms with Crippen molar-refractivity contribution in [1.29, 1.82) is 5.26 Å². The lowest BCUT2D eigenvalue weighted by atomic mass is 9.94. The van der Waals surface area contributed by atoms with E-state index in [1.807, 2.05) is 48.5 Å². The molecule has 0 fully saturated rings. The molecule has 0 N–H and O–H groups in total. The Bertz CT molecular complexity index is 2750. The summed E-state index contributed by atoms with van der Waals surface area (Å²) in [6.07, 6.45) is 0. The Morgan fingerprint density at radius 2 is 1.06 bits per heavy atom. The minimum absolute atomic E-state index is 0.613. The van der Waals surface area contributed by atoms with Gasteiger partial charge in [0.1, 0.15) is 0 Å². The number of rotatable bonds is 4. The first kappa shape index (κ1) is 27.4. The van der Waals surface area contributed by atoms with Crippen molar-refractivity contribution in [3.63, 3.8) is 0 Å². The van der Waals surface area contributed by atoms with Crippen molar-refractivity contribution >= 4 is 49.3 Å². The summed E-state index contributed by atoms with van der Waals surface area (Å²) in [6.45, 7) is 7.96. The quantitative estimate of drug-likeness (QED) is 0.183. The second-order valence-corrected chi connectivity index (χ2v) is 11.9. The summed E-state index contributed by atoms with van der Waals surface area (Å²) in [7, 11) is 0. The molecule has 0 amide bonds. The molecule has 0 saturated carbocycles. The summed E-state index contributed by atoms with van der Waals surface area (Å²) in [5.41, 5.74) is 11.4. The third-order valence-corrected chi connectivity index (χ3v) is 9.41. The van der Waals surface area contributed by atoms with Gasteiger partial charge >= 0.3 is 0 Å². The van der Waals surface area contributed by atoms with Gasteiger partial charge in [-0.25, -0.2) is 4.85 Å². The van der Waals surface area contributed by atoms with Crippen LogP contribution in [0.5, 0.6) is 0 Å². The molecule has 2 heterocycles. The summed E-state index contributed by atoms with van der Waals surface area (Å²) >= 11 is 0. The molecule has 0 atom stereocenters. The summed E-state index contributed by atoms with van der Waals surface area (Å²) in [5.74, 6) is 0. The van der Waals surface area contributed by atoms with E-state index in [4.69, 9.17) is 6.57 Å². The lowest BCUT2D eigenvalue weighted by molar-refractivity contribution is 1.18. The Morgan fingerprint density at radius 1 is 0.500 bits per heavy atom. The number of nitriles is 1. The van der Waals surface area contributed by atoms with Crippen LogP contribution in [0.1, 0.15) is 5.56 Å². The summed E-state index contributed by atoms with van der Waals surface area (Å²) in [6, 6.07) is 56.6. The number of aromatic nitrogens is 2. The van der Waals surface area contributed by atoms with Crippen molar-refractivity contribution in [2.24, 2.45) is 0 Å². The molecule has 4 nitrogen and oxygen atoms in total. The number of fused-ring (bicyclic) bond motifs is 6. The van der Waals surface area contributed by atoms with E-state index in [2.05, 4.69) is 129 Å². The first-order chi connectivity index (χ1) is 23.7. The van der Waals surface area contributed by atoms with Gasteiger partial charge in [-0.2, -0.15) is 5.26 Å². The van der Waals surface area contributed by atoms with E-state index >= 15 is 0 Å². The van der Waals surface area contributed by atoms with E-state index in [1.165, 1.54) is 10.8 Å². The smallest absolute Gasteiger partial charge is 0.211 e. The highest BCUT2D eigenvalue weighted by Gasteiger charge is 2.19. The SMILES string of the molecule is [C-]#[N+]c1cccc2c3ccccc3n(-c3ccccc3-c3ccc(C#N)c(-c4ccc(-n5c6ccccc6c6ccccc65)cc4)c3)c12. The maximum atomic E-state index is 10.2. The van der Waals surface area contributed by atoms with Crippen LogP contribution >= 0.6 is 0 Å². The zero-order valence-electron chi connectivity index (χ0n) is 25.8. The van der Waals surface area contributed by atoms with Crippen LogP contribution in [0.3, 0.4) is 0 Å². The van der Waals surface area contributed by atoms with Crippen LogP contribution in [0.15, 0.2) is 158 Å². The average Bonchev–Trinajstić information content (AvgIpc) is 3.68. The molecule has 0 spiro atoms. The Kier molecular flexibility index (Phi) is 6.22. The second-order valence-electron chi connectivity index (χ2n) is 11.9. The van der Waals surface area contributed by atoms with E-state index in [1.54, 1.807) is 0 Å². The van der Waals surface area contributed by atoms with Gasteiger partial charge in [0, 0.05) is 33.0 Å². The number of nitrogens with zero attached hydrogens (tertiary/aromatic N) is 4. The molecule has 0 unspecified atom stereocenters. The molecule has 0 bridgehead atoms. The number of hydrogen-bond acceptors (Lipinski definition) is 1. The van der Waals surface area contributed by atoms with E-state index in [9.17, 15) is 5.26 Å². The second kappa shape index (κ2) is 10.9. The highest BCUT2D eigenvalue weighted by molar-refractivity contribution is 6.14. The van der Waals surface area contributed by atoms with E-state index in [-0.39, 0.29) is 0 Å². The maximum absolute atomic E-state index is 10.2. The Balaban J connectivity index is 1.20. The predicted octanol–water partition coefficient (Wildman–Crippen LogP) is 11.6. The van der Waals surface area contributed by atoms with Gasteiger partial charge in [-0.05, 0) is 65.0 Å². The van der Waals surface area contributed by atoms with E-state index < -0.39 is 0 Å². The lowest BCUT2D eigenvalue weighted by Crippen LogP contribution is -1.98. The normalized spacial score (nSPS) is 11.3. The van der Waals surface area contributed by atoms with E-state index in [0.29, 0.717) is 11.3 Å². The largest absolute Gasteiger partial charge is 0.318 e.